The molecule has 5 nitrogen and oxygen atoms in total. The summed E-state index contributed by atoms with van der Waals surface area (Å²) >= 11 is 0. The normalized spacial score (nSPS) is 11.1. The van der Waals surface area contributed by atoms with Gasteiger partial charge in [-0.15, -0.1) is 0 Å². The van der Waals surface area contributed by atoms with Crippen molar-refractivity contribution in [2.24, 2.45) is 0 Å². The lowest BCUT2D eigenvalue weighted by molar-refractivity contribution is 0.0945. The molecule has 148 valence electrons. The zero-order valence-corrected chi connectivity index (χ0v) is 15.1. The summed E-state index contributed by atoms with van der Waals surface area (Å²) < 4.78 is 45.5. The predicted octanol–water partition coefficient (Wildman–Crippen LogP) is 4.14. The molecule has 0 radical (unpaired) electrons. The molecule has 29 heavy (non-hydrogen) atoms. The van der Waals surface area contributed by atoms with E-state index < -0.39 is 17.5 Å². The topological polar surface area (TPSA) is 70.9 Å². The average molecular weight is 399 g/mol. The lowest BCUT2D eigenvalue weighted by Crippen LogP contribution is -2.25. The quantitative estimate of drug-likeness (QED) is 0.512. The standard InChI is InChI=1S/C21H16F3N3O2/c22-14-1-3-18(24)13(7-14)8-16-10-20(27-29-16)21(28)25-6-5-12-11-26-19-4-2-15(23)9-17(12)19/h1-4,7,9-11,26H,5-6,8H2,(H,25,28). The molecule has 4 rings (SSSR count). The molecule has 2 N–H and O–H groups in total. The van der Waals surface area contributed by atoms with Gasteiger partial charge in [-0.25, -0.2) is 13.2 Å². The number of carbonyl (C=O) groups is 1. The Morgan fingerprint density at radius 2 is 1.83 bits per heavy atom. The van der Waals surface area contributed by atoms with E-state index in [1.807, 2.05) is 0 Å². The molecule has 0 aliphatic rings. The molecule has 2 heterocycles. The van der Waals surface area contributed by atoms with Gasteiger partial charge in [0.1, 0.15) is 23.2 Å². The molecule has 0 spiro atoms. The van der Waals surface area contributed by atoms with E-state index in [0.29, 0.717) is 13.0 Å². The number of carbonyl (C=O) groups excluding carboxylic acids is 1. The maximum atomic E-state index is 13.7. The highest BCUT2D eigenvalue weighted by molar-refractivity contribution is 5.92. The van der Waals surface area contributed by atoms with Crippen molar-refractivity contribution >= 4 is 16.8 Å². The van der Waals surface area contributed by atoms with Crippen molar-refractivity contribution in [1.29, 1.82) is 0 Å². The number of rotatable bonds is 6. The number of fused-ring (bicyclic) bond motifs is 1. The monoisotopic (exact) mass is 399 g/mol. The van der Waals surface area contributed by atoms with Gasteiger partial charge in [0.05, 0.1) is 0 Å². The summed E-state index contributed by atoms with van der Waals surface area (Å²) in [4.78, 5) is 15.3. The molecule has 0 aliphatic heterocycles. The molecule has 0 fully saturated rings. The predicted molar refractivity (Wildman–Crippen MR) is 100.0 cm³/mol. The van der Waals surface area contributed by atoms with Crippen LogP contribution in [0.2, 0.25) is 0 Å². The fraction of sp³-hybridized carbons (Fsp3) is 0.143. The van der Waals surface area contributed by atoms with E-state index in [9.17, 15) is 18.0 Å². The highest BCUT2D eigenvalue weighted by atomic mass is 19.1. The van der Waals surface area contributed by atoms with E-state index in [2.05, 4.69) is 15.5 Å². The number of nitrogens with zero attached hydrogens (tertiary/aromatic N) is 1. The molecule has 0 saturated carbocycles. The Labute approximate surface area is 163 Å². The van der Waals surface area contributed by atoms with Crippen molar-refractivity contribution in [2.45, 2.75) is 12.8 Å². The highest BCUT2D eigenvalue weighted by Crippen LogP contribution is 2.20. The minimum atomic E-state index is -0.566. The van der Waals surface area contributed by atoms with Crippen LogP contribution >= 0.6 is 0 Å². The fourth-order valence-electron chi connectivity index (χ4n) is 3.13. The van der Waals surface area contributed by atoms with Crippen LogP contribution in [-0.2, 0) is 12.8 Å². The van der Waals surface area contributed by atoms with Crippen LogP contribution in [0, 0.1) is 17.5 Å². The number of amides is 1. The van der Waals surface area contributed by atoms with Crippen molar-refractivity contribution < 1.29 is 22.5 Å². The third-order valence-corrected chi connectivity index (χ3v) is 4.57. The molecule has 2 aromatic carbocycles. The molecule has 4 aromatic rings. The summed E-state index contributed by atoms with van der Waals surface area (Å²) in [6, 6.07) is 9.00. The summed E-state index contributed by atoms with van der Waals surface area (Å²) in [5.74, 6) is -1.66. The van der Waals surface area contributed by atoms with Gasteiger partial charge >= 0.3 is 0 Å². The van der Waals surface area contributed by atoms with Gasteiger partial charge in [-0.1, -0.05) is 5.16 Å². The first kappa shape index (κ1) is 18.8. The van der Waals surface area contributed by atoms with Crippen LogP contribution in [0.5, 0.6) is 0 Å². The minimum absolute atomic E-state index is 0.0230. The first-order valence-electron chi connectivity index (χ1n) is 8.93. The number of nitrogens with one attached hydrogen (secondary N) is 2. The SMILES string of the molecule is O=C(NCCc1c[nH]c2ccc(F)cc12)c1cc(Cc2cc(F)ccc2F)on1. The van der Waals surface area contributed by atoms with Crippen LogP contribution in [0.4, 0.5) is 13.2 Å². The van der Waals surface area contributed by atoms with Gasteiger partial charge < -0.3 is 14.8 Å². The summed E-state index contributed by atoms with van der Waals surface area (Å²) in [5.41, 5.74) is 1.85. The number of halogens is 3. The molecule has 0 bridgehead atoms. The molecular formula is C21H16F3N3O2. The number of hydrogen-bond acceptors (Lipinski definition) is 3. The first-order valence-corrected chi connectivity index (χ1v) is 8.93. The average Bonchev–Trinajstić information content (AvgIpc) is 3.32. The number of aromatic amines is 1. The van der Waals surface area contributed by atoms with Gasteiger partial charge in [0.25, 0.3) is 5.91 Å². The molecule has 0 atom stereocenters. The van der Waals surface area contributed by atoms with E-state index in [-0.39, 0.29) is 29.3 Å². The third kappa shape index (κ3) is 4.16. The maximum absolute atomic E-state index is 13.7. The van der Waals surface area contributed by atoms with Gasteiger partial charge in [-0.3, -0.25) is 4.79 Å². The molecule has 2 aromatic heterocycles. The van der Waals surface area contributed by atoms with Crippen LogP contribution in [-0.4, -0.2) is 22.6 Å². The molecule has 1 amide bonds. The Hall–Kier alpha value is -3.55. The van der Waals surface area contributed by atoms with Crippen LogP contribution < -0.4 is 5.32 Å². The lowest BCUT2D eigenvalue weighted by atomic mass is 10.1. The molecule has 0 unspecified atom stereocenters. The lowest BCUT2D eigenvalue weighted by Gasteiger charge is -2.02. The number of H-pyrrole nitrogens is 1. The van der Waals surface area contributed by atoms with Crippen molar-refractivity contribution in [3.8, 4) is 0 Å². The first-order chi connectivity index (χ1) is 14.0. The van der Waals surface area contributed by atoms with Gasteiger partial charge in [0, 0.05) is 36.1 Å². The second kappa shape index (κ2) is 7.83. The van der Waals surface area contributed by atoms with Crippen molar-refractivity contribution in [1.82, 2.24) is 15.5 Å². The summed E-state index contributed by atoms with van der Waals surface area (Å²) in [5, 5.41) is 7.16. The Morgan fingerprint density at radius 3 is 2.69 bits per heavy atom. The van der Waals surface area contributed by atoms with E-state index in [1.165, 1.54) is 18.2 Å². The Kier molecular flexibility index (Phi) is 5.07. The zero-order chi connectivity index (χ0) is 20.4. The summed E-state index contributed by atoms with van der Waals surface area (Å²) in [6.07, 6.45) is 2.25. The third-order valence-electron chi connectivity index (χ3n) is 4.57. The van der Waals surface area contributed by atoms with Gasteiger partial charge in [0.15, 0.2) is 5.69 Å². The van der Waals surface area contributed by atoms with E-state index in [1.54, 1.807) is 12.3 Å². The molecule has 0 aliphatic carbocycles. The fourth-order valence-corrected chi connectivity index (χ4v) is 3.13. The minimum Gasteiger partial charge on any atom is -0.361 e. The second-order valence-electron chi connectivity index (χ2n) is 6.60. The smallest absolute Gasteiger partial charge is 0.273 e. The van der Waals surface area contributed by atoms with Crippen molar-refractivity contribution in [3.05, 3.63) is 88.7 Å². The van der Waals surface area contributed by atoms with Crippen LogP contribution in [0.25, 0.3) is 10.9 Å². The Bertz CT molecular complexity index is 1180. The summed E-state index contributed by atoms with van der Waals surface area (Å²) in [7, 11) is 0. The van der Waals surface area contributed by atoms with Crippen LogP contribution in [0.15, 0.2) is 53.2 Å². The van der Waals surface area contributed by atoms with Crippen LogP contribution in [0.3, 0.4) is 0 Å². The Balaban J connectivity index is 1.36. The summed E-state index contributed by atoms with van der Waals surface area (Å²) in [6.45, 7) is 0.309. The van der Waals surface area contributed by atoms with Gasteiger partial charge in [-0.2, -0.15) is 0 Å². The molecule has 8 heteroatoms. The number of benzene rings is 2. The number of hydrogen-bond donors (Lipinski definition) is 2. The zero-order valence-electron chi connectivity index (χ0n) is 15.1. The molecular weight excluding hydrogens is 383 g/mol. The Morgan fingerprint density at radius 1 is 1.03 bits per heavy atom. The van der Waals surface area contributed by atoms with E-state index in [4.69, 9.17) is 4.52 Å². The highest BCUT2D eigenvalue weighted by Gasteiger charge is 2.15. The molecule has 0 saturated heterocycles. The van der Waals surface area contributed by atoms with Crippen LogP contribution in [0.1, 0.15) is 27.4 Å². The van der Waals surface area contributed by atoms with E-state index >= 15 is 0 Å². The maximum Gasteiger partial charge on any atom is 0.273 e. The van der Waals surface area contributed by atoms with Crippen molar-refractivity contribution in [3.63, 3.8) is 0 Å². The second-order valence-corrected chi connectivity index (χ2v) is 6.60. The van der Waals surface area contributed by atoms with E-state index in [0.717, 1.165) is 34.7 Å². The van der Waals surface area contributed by atoms with Crippen molar-refractivity contribution in [2.75, 3.05) is 6.54 Å². The largest absolute Gasteiger partial charge is 0.361 e. The number of aromatic nitrogens is 2. The van der Waals surface area contributed by atoms with Gasteiger partial charge in [0.2, 0.25) is 0 Å². The van der Waals surface area contributed by atoms with Gasteiger partial charge in [-0.05, 0) is 53.9 Å².